The van der Waals surface area contributed by atoms with Crippen molar-refractivity contribution in [2.45, 2.75) is 38.6 Å². The first kappa shape index (κ1) is 15.3. The van der Waals surface area contributed by atoms with Crippen LogP contribution in [0.2, 0.25) is 0 Å². The highest BCUT2D eigenvalue weighted by atomic mass is 16.4. The van der Waals surface area contributed by atoms with Crippen molar-refractivity contribution in [2.24, 2.45) is 5.41 Å². The van der Waals surface area contributed by atoms with Gasteiger partial charge in [-0.3, -0.25) is 14.4 Å². The van der Waals surface area contributed by atoms with Crippen LogP contribution in [0.1, 0.15) is 32.1 Å². The summed E-state index contributed by atoms with van der Waals surface area (Å²) in [6.45, 7) is 0.469. The van der Waals surface area contributed by atoms with Gasteiger partial charge in [0, 0.05) is 31.8 Å². The first-order valence-corrected chi connectivity index (χ1v) is 7.19. The van der Waals surface area contributed by atoms with Gasteiger partial charge in [-0.05, 0) is 18.9 Å². The van der Waals surface area contributed by atoms with Crippen LogP contribution in [0, 0.1) is 5.41 Å². The summed E-state index contributed by atoms with van der Waals surface area (Å²) in [4.78, 5) is 34.7. The number of aliphatic carboxylic acids is 1. The van der Waals surface area contributed by atoms with Crippen LogP contribution in [0.3, 0.4) is 0 Å². The second-order valence-electron chi connectivity index (χ2n) is 5.55. The van der Waals surface area contributed by atoms with Gasteiger partial charge in [0.15, 0.2) is 0 Å². The number of carbonyl (C=O) groups is 2. The lowest BCUT2D eigenvalue weighted by Gasteiger charge is -2.24. The van der Waals surface area contributed by atoms with Gasteiger partial charge < -0.3 is 15.0 Å². The van der Waals surface area contributed by atoms with Crippen LogP contribution in [0.15, 0.2) is 29.2 Å². The van der Waals surface area contributed by atoms with Crippen LogP contribution < -0.4 is 10.9 Å². The number of pyridine rings is 1. The Labute approximate surface area is 122 Å². The maximum absolute atomic E-state index is 11.8. The van der Waals surface area contributed by atoms with Crippen molar-refractivity contribution in [2.75, 3.05) is 6.54 Å². The molecule has 1 heterocycles. The largest absolute Gasteiger partial charge is 0.481 e. The Bertz CT molecular complexity index is 573. The molecule has 1 fully saturated rings. The predicted molar refractivity (Wildman–Crippen MR) is 76.9 cm³/mol. The van der Waals surface area contributed by atoms with E-state index in [-0.39, 0.29) is 24.4 Å². The SMILES string of the molecule is O=C(CCn1ccccc1=O)NCC1(C(=O)O)CCCC1. The smallest absolute Gasteiger partial charge is 0.311 e. The molecule has 114 valence electrons. The summed E-state index contributed by atoms with van der Waals surface area (Å²) >= 11 is 0. The topological polar surface area (TPSA) is 88.4 Å². The minimum atomic E-state index is -0.834. The highest BCUT2D eigenvalue weighted by Gasteiger charge is 2.41. The maximum Gasteiger partial charge on any atom is 0.311 e. The molecule has 0 radical (unpaired) electrons. The molecule has 6 heteroatoms. The number of nitrogens with one attached hydrogen (secondary N) is 1. The van der Waals surface area contributed by atoms with Crippen molar-refractivity contribution in [1.29, 1.82) is 0 Å². The van der Waals surface area contributed by atoms with Gasteiger partial charge in [-0.15, -0.1) is 0 Å². The summed E-state index contributed by atoms with van der Waals surface area (Å²) in [6, 6.07) is 4.82. The first-order chi connectivity index (χ1) is 10.0. The Balaban J connectivity index is 1.84. The molecule has 0 aliphatic heterocycles. The van der Waals surface area contributed by atoms with Gasteiger partial charge in [0.1, 0.15) is 0 Å². The second-order valence-corrected chi connectivity index (χ2v) is 5.55. The Morgan fingerprint density at radius 1 is 1.29 bits per heavy atom. The van der Waals surface area contributed by atoms with Crippen LogP contribution in [0.4, 0.5) is 0 Å². The molecule has 0 unspecified atom stereocenters. The molecule has 21 heavy (non-hydrogen) atoms. The number of aryl methyl sites for hydroxylation is 1. The zero-order valence-corrected chi connectivity index (χ0v) is 11.9. The monoisotopic (exact) mass is 292 g/mol. The lowest BCUT2D eigenvalue weighted by atomic mass is 9.86. The molecular formula is C15H20N2O4. The van der Waals surface area contributed by atoms with Crippen molar-refractivity contribution < 1.29 is 14.7 Å². The van der Waals surface area contributed by atoms with Crippen molar-refractivity contribution >= 4 is 11.9 Å². The van der Waals surface area contributed by atoms with E-state index in [1.54, 1.807) is 18.3 Å². The minimum absolute atomic E-state index is 0.150. The molecule has 1 aromatic heterocycles. The number of carboxylic acids is 1. The third-order valence-electron chi connectivity index (χ3n) is 4.12. The number of hydrogen-bond acceptors (Lipinski definition) is 3. The summed E-state index contributed by atoms with van der Waals surface area (Å²) in [5, 5.41) is 12.0. The third-order valence-corrected chi connectivity index (χ3v) is 4.12. The van der Waals surface area contributed by atoms with Gasteiger partial charge >= 0.3 is 5.97 Å². The van der Waals surface area contributed by atoms with E-state index in [9.17, 15) is 19.5 Å². The Morgan fingerprint density at radius 2 is 2.00 bits per heavy atom. The van der Waals surface area contributed by atoms with Crippen molar-refractivity contribution in [1.82, 2.24) is 9.88 Å². The molecule has 2 N–H and O–H groups in total. The summed E-state index contributed by atoms with van der Waals surface area (Å²) < 4.78 is 1.46. The zero-order chi connectivity index (χ0) is 15.3. The van der Waals surface area contributed by atoms with Crippen LogP contribution in [0.5, 0.6) is 0 Å². The quantitative estimate of drug-likeness (QED) is 0.818. The fourth-order valence-corrected chi connectivity index (χ4v) is 2.74. The van der Waals surface area contributed by atoms with E-state index < -0.39 is 11.4 Å². The van der Waals surface area contributed by atoms with Gasteiger partial charge in [-0.2, -0.15) is 0 Å². The van der Waals surface area contributed by atoms with E-state index in [4.69, 9.17) is 0 Å². The fourth-order valence-electron chi connectivity index (χ4n) is 2.74. The number of aromatic nitrogens is 1. The van der Waals surface area contributed by atoms with E-state index in [0.29, 0.717) is 19.4 Å². The van der Waals surface area contributed by atoms with Crippen LogP contribution in [-0.2, 0) is 16.1 Å². The highest BCUT2D eigenvalue weighted by molar-refractivity contribution is 5.79. The van der Waals surface area contributed by atoms with Crippen molar-refractivity contribution in [3.05, 3.63) is 34.7 Å². The molecule has 6 nitrogen and oxygen atoms in total. The molecule has 0 bridgehead atoms. The number of nitrogens with zero attached hydrogens (tertiary/aromatic N) is 1. The molecule has 1 aliphatic rings. The lowest BCUT2D eigenvalue weighted by molar-refractivity contribution is -0.148. The van der Waals surface area contributed by atoms with Gasteiger partial charge in [0.05, 0.1) is 5.41 Å². The highest BCUT2D eigenvalue weighted by Crippen LogP contribution is 2.37. The van der Waals surface area contributed by atoms with Gasteiger partial charge in [0.2, 0.25) is 5.91 Å². The average molecular weight is 292 g/mol. The number of hydrogen-bond donors (Lipinski definition) is 2. The number of carbonyl (C=O) groups excluding carboxylic acids is 1. The minimum Gasteiger partial charge on any atom is -0.481 e. The van der Waals surface area contributed by atoms with Crippen LogP contribution >= 0.6 is 0 Å². The van der Waals surface area contributed by atoms with E-state index in [1.165, 1.54) is 10.6 Å². The zero-order valence-electron chi connectivity index (χ0n) is 11.9. The standard InChI is InChI=1S/C15H20N2O4/c18-12(6-10-17-9-4-1-5-13(17)19)16-11-15(14(20)21)7-2-3-8-15/h1,4-5,9H,2-3,6-8,10-11H2,(H,16,18)(H,20,21). The number of carboxylic acid groups (broad SMARTS) is 1. The molecule has 1 saturated carbocycles. The van der Waals surface area contributed by atoms with Crippen molar-refractivity contribution in [3.8, 4) is 0 Å². The lowest BCUT2D eigenvalue weighted by Crippen LogP contribution is -2.41. The molecule has 0 saturated heterocycles. The second kappa shape index (κ2) is 6.56. The molecular weight excluding hydrogens is 272 g/mol. The fraction of sp³-hybridized carbons (Fsp3) is 0.533. The van der Waals surface area contributed by atoms with Gasteiger partial charge in [0.25, 0.3) is 5.56 Å². The molecule has 2 rings (SSSR count). The molecule has 1 amide bonds. The average Bonchev–Trinajstić information content (AvgIpc) is 2.94. The molecule has 1 aromatic rings. The molecule has 0 spiro atoms. The predicted octanol–water partition coefficient (Wildman–Crippen LogP) is 1.000. The first-order valence-electron chi connectivity index (χ1n) is 7.19. The van der Waals surface area contributed by atoms with Crippen LogP contribution in [0.25, 0.3) is 0 Å². The van der Waals surface area contributed by atoms with E-state index >= 15 is 0 Å². The molecule has 0 aromatic carbocycles. The summed E-state index contributed by atoms with van der Waals surface area (Å²) in [7, 11) is 0. The van der Waals surface area contributed by atoms with Gasteiger partial charge in [-0.25, -0.2) is 0 Å². The Hall–Kier alpha value is -2.11. The number of amides is 1. The molecule has 1 aliphatic carbocycles. The summed E-state index contributed by atoms with van der Waals surface area (Å²) in [5.74, 6) is -1.06. The molecule has 0 atom stereocenters. The van der Waals surface area contributed by atoms with E-state index in [2.05, 4.69) is 5.32 Å². The normalized spacial score (nSPS) is 16.6. The summed E-state index contributed by atoms with van der Waals surface area (Å²) in [5.41, 5.74) is -0.956. The van der Waals surface area contributed by atoms with Crippen molar-refractivity contribution in [3.63, 3.8) is 0 Å². The van der Waals surface area contributed by atoms with Crippen LogP contribution in [-0.4, -0.2) is 28.1 Å². The van der Waals surface area contributed by atoms with Gasteiger partial charge in [-0.1, -0.05) is 18.9 Å². The third kappa shape index (κ3) is 3.71. The number of rotatable bonds is 6. The maximum atomic E-state index is 11.8. The summed E-state index contributed by atoms with van der Waals surface area (Å²) in [6.07, 6.45) is 4.80. The van der Waals surface area contributed by atoms with E-state index in [0.717, 1.165) is 12.8 Å². The van der Waals surface area contributed by atoms with E-state index in [1.807, 2.05) is 0 Å². The Kier molecular flexibility index (Phi) is 4.77. The Morgan fingerprint density at radius 3 is 2.62 bits per heavy atom.